The average molecular weight is 493 g/mol. The van der Waals surface area contributed by atoms with Crippen molar-refractivity contribution in [2.24, 2.45) is 0 Å². The van der Waals surface area contributed by atoms with Crippen LogP contribution < -0.4 is 9.64 Å². The third-order valence-corrected chi connectivity index (χ3v) is 6.39. The minimum atomic E-state index is -0.987. The SMILES string of the molecule is CCCC[C@H]1CN(Cc2cc(C)cc(OCC(=O)O)c2)CCN1c1ncc(-c2cccc(F)c2)cn1. The lowest BCUT2D eigenvalue weighted by Gasteiger charge is -2.41. The smallest absolute Gasteiger partial charge is 0.341 e. The predicted octanol–water partition coefficient (Wildman–Crippen LogP) is 4.94. The van der Waals surface area contributed by atoms with E-state index in [9.17, 15) is 9.18 Å². The number of ether oxygens (including phenoxy) is 1. The molecule has 2 aromatic carbocycles. The largest absolute Gasteiger partial charge is 0.482 e. The normalized spacial score (nSPS) is 16.2. The number of carboxylic acids is 1. The molecule has 0 saturated carbocycles. The fourth-order valence-corrected chi connectivity index (χ4v) is 4.70. The Morgan fingerprint density at radius 3 is 2.67 bits per heavy atom. The highest BCUT2D eigenvalue weighted by atomic mass is 19.1. The van der Waals surface area contributed by atoms with Gasteiger partial charge in [0.2, 0.25) is 5.95 Å². The molecule has 0 unspecified atom stereocenters. The van der Waals surface area contributed by atoms with E-state index in [4.69, 9.17) is 9.84 Å². The van der Waals surface area contributed by atoms with Crippen molar-refractivity contribution in [2.75, 3.05) is 31.1 Å². The van der Waals surface area contributed by atoms with Gasteiger partial charge in [0.1, 0.15) is 11.6 Å². The molecule has 0 spiro atoms. The highest BCUT2D eigenvalue weighted by Gasteiger charge is 2.28. The van der Waals surface area contributed by atoms with E-state index in [2.05, 4.69) is 32.8 Å². The van der Waals surface area contributed by atoms with Crippen molar-refractivity contribution in [3.05, 3.63) is 71.8 Å². The summed E-state index contributed by atoms with van der Waals surface area (Å²) in [6, 6.07) is 12.7. The van der Waals surface area contributed by atoms with Gasteiger partial charge in [-0.05, 0) is 54.3 Å². The van der Waals surface area contributed by atoms with Crippen LogP contribution in [-0.4, -0.2) is 58.2 Å². The summed E-state index contributed by atoms with van der Waals surface area (Å²) in [7, 11) is 0. The average Bonchev–Trinajstić information content (AvgIpc) is 2.86. The molecule has 1 aromatic heterocycles. The van der Waals surface area contributed by atoms with Gasteiger partial charge in [0.05, 0.1) is 0 Å². The molecule has 190 valence electrons. The zero-order valence-corrected chi connectivity index (χ0v) is 20.9. The lowest BCUT2D eigenvalue weighted by atomic mass is 10.0. The maximum absolute atomic E-state index is 13.6. The van der Waals surface area contributed by atoms with Gasteiger partial charge in [0.15, 0.2) is 6.61 Å². The number of nitrogens with zero attached hydrogens (tertiary/aromatic N) is 4. The lowest BCUT2D eigenvalue weighted by molar-refractivity contribution is -0.139. The number of piperazine rings is 1. The summed E-state index contributed by atoms with van der Waals surface area (Å²) >= 11 is 0. The molecule has 1 fully saturated rings. The van der Waals surface area contributed by atoms with Gasteiger partial charge in [0.25, 0.3) is 0 Å². The van der Waals surface area contributed by atoms with Crippen LogP contribution in [0.5, 0.6) is 5.75 Å². The van der Waals surface area contributed by atoms with Crippen LogP contribution in [0.3, 0.4) is 0 Å². The Morgan fingerprint density at radius 1 is 1.14 bits per heavy atom. The molecule has 1 aliphatic rings. The number of anilines is 1. The first kappa shape index (κ1) is 25.6. The molecule has 0 bridgehead atoms. The summed E-state index contributed by atoms with van der Waals surface area (Å²) in [5.41, 5.74) is 3.70. The molecule has 1 saturated heterocycles. The number of benzene rings is 2. The molecule has 4 rings (SSSR count). The first-order valence-electron chi connectivity index (χ1n) is 12.4. The van der Waals surface area contributed by atoms with E-state index in [0.29, 0.717) is 11.7 Å². The number of hydrogen-bond acceptors (Lipinski definition) is 6. The summed E-state index contributed by atoms with van der Waals surface area (Å²) < 4.78 is 19.0. The number of carbonyl (C=O) groups is 1. The van der Waals surface area contributed by atoms with Crippen LogP contribution >= 0.6 is 0 Å². The second kappa shape index (κ2) is 11.9. The van der Waals surface area contributed by atoms with E-state index in [1.807, 2.05) is 25.1 Å². The maximum atomic E-state index is 13.6. The van der Waals surface area contributed by atoms with Crippen LogP contribution in [0.15, 0.2) is 54.9 Å². The topological polar surface area (TPSA) is 78.8 Å². The zero-order chi connectivity index (χ0) is 25.5. The molecule has 0 radical (unpaired) electrons. The molecule has 0 amide bonds. The summed E-state index contributed by atoms with van der Waals surface area (Å²) in [5.74, 6) is 0.0248. The van der Waals surface area contributed by atoms with Crippen LogP contribution in [0.25, 0.3) is 11.1 Å². The first-order valence-corrected chi connectivity index (χ1v) is 12.4. The highest BCUT2D eigenvalue weighted by molar-refractivity contribution is 5.68. The number of rotatable bonds is 10. The second-order valence-corrected chi connectivity index (χ2v) is 9.34. The summed E-state index contributed by atoms with van der Waals surface area (Å²) in [6.07, 6.45) is 6.82. The second-order valence-electron chi connectivity index (χ2n) is 9.34. The summed E-state index contributed by atoms with van der Waals surface area (Å²) in [6.45, 7) is 7.15. The molecule has 1 N–H and O–H groups in total. The van der Waals surface area contributed by atoms with Gasteiger partial charge in [-0.15, -0.1) is 0 Å². The highest BCUT2D eigenvalue weighted by Crippen LogP contribution is 2.25. The monoisotopic (exact) mass is 492 g/mol. The van der Waals surface area contributed by atoms with Gasteiger partial charge in [-0.25, -0.2) is 19.2 Å². The summed E-state index contributed by atoms with van der Waals surface area (Å²) in [5, 5.41) is 8.91. The van der Waals surface area contributed by atoms with Crippen LogP contribution in [0, 0.1) is 12.7 Å². The van der Waals surface area contributed by atoms with Crippen LogP contribution in [0.2, 0.25) is 0 Å². The molecule has 2 heterocycles. The van der Waals surface area contributed by atoms with Crippen molar-refractivity contribution in [1.82, 2.24) is 14.9 Å². The van der Waals surface area contributed by atoms with Crippen LogP contribution in [-0.2, 0) is 11.3 Å². The number of carboxylic acid groups (broad SMARTS) is 1. The Kier molecular flexibility index (Phi) is 8.48. The zero-order valence-electron chi connectivity index (χ0n) is 20.9. The molecule has 7 nitrogen and oxygen atoms in total. The number of unbranched alkanes of at least 4 members (excludes halogenated alkanes) is 1. The number of halogens is 1. The molecule has 1 aliphatic heterocycles. The van der Waals surface area contributed by atoms with Crippen LogP contribution in [0.1, 0.15) is 37.3 Å². The Morgan fingerprint density at radius 2 is 1.94 bits per heavy atom. The molecule has 3 aromatic rings. The Balaban J connectivity index is 1.45. The van der Waals surface area contributed by atoms with Crippen molar-refractivity contribution >= 4 is 11.9 Å². The molecular formula is C28H33FN4O3. The molecule has 0 aliphatic carbocycles. The van der Waals surface area contributed by atoms with Gasteiger partial charge in [-0.2, -0.15) is 0 Å². The van der Waals surface area contributed by atoms with Gasteiger partial charge < -0.3 is 14.7 Å². The predicted molar refractivity (Wildman–Crippen MR) is 138 cm³/mol. The quantitative estimate of drug-likeness (QED) is 0.430. The number of aromatic nitrogens is 2. The standard InChI is InChI=1S/C28H33FN4O3/c1-3-4-8-25-18-32(17-21-11-20(2)12-26(13-21)36-19-27(34)35)9-10-33(25)28-30-15-23(16-31-28)22-6-5-7-24(29)14-22/h5-7,11-16,25H,3-4,8-10,17-19H2,1-2H3,(H,34,35)/t25-/m0/s1. The van der Waals surface area contributed by atoms with Gasteiger partial charge in [-0.3, -0.25) is 4.90 Å². The minimum Gasteiger partial charge on any atom is -0.482 e. The van der Waals surface area contributed by atoms with E-state index in [1.54, 1.807) is 18.5 Å². The summed E-state index contributed by atoms with van der Waals surface area (Å²) in [4.78, 5) is 24.9. The third-order valence-electron chi connectivity index (χ3n) is 6.39. The number of aryl methyl sites for hydroxylation is 1. The Bertz CT molecular complexity index is 1170. The molecular weight excluding hydrogens is 459 g/mol. The first-order chi connectivity index (χ1) is 17.4. The lowest BCUT2D eigenvalue weighted by Crippen LogP contribution is -2.53. The number of hydrogen-bond donors (Lipinski definition) is 1. The van der Waals surface area contributed by atoms with E-state index in [-0.39, 0.29) is 18.5 Å². The Hall–Kier alpha value is -3.52. The maximum Gasteiger partial charge on any atom is 0.341 e. The van der Waals surface area contributed by atoms with E-state index in [0.717, 1.165) is 67.7 Å². The van der Waals surface area contributed by atoms with E-state index < -0.39 is 5.97 Å². The molecule has 36 heavy (non-hydrogen) atoms. The van der Waals surface area contributed by atoms with Crippen molar-refractivity contribution in [1.29, 1.82) is 0 Å². The molecule has 1 atom stereocenters. The minimum absolute atomic E-state index is 0.276. The van der Waals surface area contributed by atoms with Gasteiger partial charge in [0, 0.05) is 50.2 Å². The molecule has 8 heteroatoms. The fraction of sp³-hybridized carbons (Fsp3) is 0.393. The fourth-order valence-electron chi connectivity index (χ4n) is 4.70. The van der Waals surface area contributed by atoms with Crippen molar-refractivity contribution in [2.45, 2.75) is 45.7 Å². The third kappa shape index (κ3) is 6.79. The van der Waals surface area contributed by atoms with E-state index >= 15 is 0 Å². The van der Waals surface area contributed by atoms with Gasteiger partial charge >= 0.3 is 5.97 Å². The number of aliphatic carboxylic acids is 1. The van der Waals surface area contributed by atoms with E-state index in [1.165, 1.54) is 12.1 Å². The van der Waals surface area contributed by atoms with Crippen molar-refractivity contribution in [3.8, 4) is 16.9 Å². The van der Waals surface area contributed by atoms with Crippen LogP contribution in [0.4, 0.5) is 10.3 Å². The Labute approximate surface area is 211 Å². The van der Waals surface area contributed by atoms with Gasteiger partial charge in [-0.1, -0.05) is 38.0 Å². The van der Waals surface area contributed by atoms with Crippen molar-refractivity contribution < 1.29 is 19.0 Å². The van der Waals surface area contributed by atoms with Crippen molar-refractivity contribution in [3.63, 3.8) is 0 Å².